The van der Waals surface area contributed by atoms with E-state index in [1.807, 2.05) is 24.3 Å². The molecule has 0 unspecified atom stereocenters. The standard InChI is InChI=1S/C24H29N3O3S/c1-30-20-5-2-18(3-6-20)16-27-11-8-17(9-12-27)15-25-24(29)19-4-7-22-21(14-19)26-23(28)10-13-31-22/h2-7,14,17H,8-13,15-16H2,1H3,(H,25,29)(H,26,28). The minimum atomic E-state index is -0.0769. The van der Waals surface area contributed by atoms with E-state index in [-0.39, 0.29) is 11.8 Å². The van der Waals surface area contributed by atoms with Gasteiger partial charge in [-0.3, -0.25) is 14.5 Å². The van der Waals surface area contributed by atoms with Gasteiger partial charge in [-0.1, -0.05) is 12.1 Å². The van der Waals surface area contributed by atoms with Crippen LogP contribution in [0, 0.1) is 5.92 Å². The van der Waals surface area contributed by atoms with Gasteiger partial charge >= 0.3 is 0 Å². The summed E-state index contributed by atoms with van der Waals surface area (Å²) in [5.74, 6) is 2.07. The van der Waals surface area contributed by atoms with Crippen molar-refractivity contribution in [2.24, 2.45) is 5.92 Å². The summed E-state index contributed by atoms with van der Waals surface area (Å²) in [6.07, 6.45) is 2.65. The number of hydrogen-bond acceptors (Lipinski definition) is 5. The van der Waals surface area contributed by atoms with Crippen LogP contribution >= 0.6 is 11.8 Å². The van der Waals surface area contributed by atoms with Gasteiger partial charge in [0.05, 0.1) is 12.8 Å². The molecule has 0 spiro atoms. The van der Waals surface area contributed by atoms with Gasteiger partial charge < -0.3 is 15.4 Å². The Morgan fingerprint density at radius 2 is 1.97 bits per heavy atom. The molecule has 31 heavy (non-hydrogen) atoms. The first kappa shape index (κ1) is 21.7. The first-order valence-electron chi connectivity index (χ1n) is 10.8. The van der Waals surface area contributed by atoms with Crippen LogP contribution in [0.2, 0.25) is 0 Å². The second-order valence-electron chi connectivity index (χ2n) is 8.14. The smallest absolute Gasteiger partial charge is 0.251 e. The van der Waals surface area contributed by atoms with Gasteiger partial charge in [0.15, 0.2) is 0 Å². The van der Waals surface area contributed by atoms with Crippen molar-refractivity contribution in [2.75, 3.05) is 37.8 Å². The van der Waals surface area contributed by atoms with E-state index in [0.717, 1.165) is 54.6 Å². The number of nitrogens with zero attached hydrogens (tertiary/aromatic N) is 1. The third kappa shape index (κ3) is 5.80. The highest BCUT2D eigenvalue weighted by Gasteiger charge is 2.21. The largest absolute Gasteiger partial charge is 0.497 e. The molecule has 0 saturated carbocycles. The fourth-order valence-corrected chi connectivity index (χ4v) is 4.98. The number of amides is 2. The van der Waals surface area contributed by atoms with Gasteiger partial charge in [-0.25, -0.2) is 0 Å². The summed E-state index contributed by atoms with van der Waals surface area (Å²) in [5, 5.41) is 5.99. The summed E-state index contributed by atoms with van der Waals surface area (Å²) in [7, 11) is 1.68. The summed E-state index contributed by atoms with van der Waals surface area (Å²) in [4.78, 5) is 27.9. The minimum Gasteiger partial charge on any atom is -0.497 e. The molecule has 7 heteroatoms. The molecule has 2 heterocycles. The molecule has 0 atom stereocenters. The Hall–Kier alpha value is -2.51. The van der Waals surface area contributed by atoms with E-state index in [9.17, 15) is 9.59 Å². The lowest BCUT2D eigenvalue weighted by Gasteiger charge is -2.32. The third-order valence-electron chi connectivity index (χ3n) is 5.93. The molecular weight excluding hydrogens is 410 g/mol. The molecule has 6 nitrogen and oxygen atoms in total. The molecular formula is C24H29N3O3S. The van der Waals surface area contributed by atoms with Gasteiger partial charge in [0, 0.05) is 35.7 Å². The van der Waals surface area contributed by atoms with Gasteiger partial charge in [-0.05, 0) is 67.7 Å². The van der Waals surface area contributed by atoms with Crippen LogP contribution in [0.25, 0.3) is 0 Å². The van der Waals surface area contributed by atoms with Crippen LogP contribution in [-0.2, 0) is 11.3 Å². The van der Waals surface area contributed by atoms with Crippen molar-refractivity contribution in [3.05, 3.63) is 53.6 Å². The van der Waals surface area contributed by atoms with Crippen LogP contribution in [-0.4, -0.2) is 49.2 Å². The predicted molar refractivity (Wildman–Crippen MR) is 124 cm³/mol. The van der Waals surface area contributed by atoms with Crippen LogP contribution in [0.4, 0.5) is 5.69 Å². The van der Waals surface area contributed by atoms with E-state index in [4.69, 9.17) is 4.74 Å². The number of ether oxygens (including phenoxy) is 1. The first-order valence-corrected chi connectivity index (χ1v) is 11.8. The number of thioether (sulfide) groups is 1. The zero-order chi connectivity index (χ0) is 21.6. The normalized spacial score (nSPS) is 17.4. The number of rotatable bonds is 6. The number of methoxy groups -OCH3 is 1. The fraction of sp³-hybridized carbons (Fsp3) is 0.417. The number of benzene rings is 2. The van der Waals surface area contributed by atoms with E-state index in [2.05, 4.69) is 27.7 Å². The van der Waals surface area contributed by atoms with E-state index in [1.165, 1.54) is 5.56 Å². The van der Waals surface area contributed by atoms with Crippen LogP contribution in [0.1, 0.15) is 35.2 Å². The lowest BCUT2D eigenvalue weighted by Crippen LogP contribution is -2.38. The lowest BCUT2D eigenvalue weighted by molar-refractivity contribution is -0.115. The number of nitrogens with one attached hydrogen (secondary N) is 2. The summed E-state index contributed by atoms with van der Waals surface area (Å²) in [6, 6.07) is 13.8. The Bertz CT molecular complexity index is 924. The number of hydrogen-bond donors (Lipinski definition) is 2. The van der Waals surface area contributed by atoms with Crippen molar-refractivity contribution in [2.45, 2.75) is 30.7 Å². The second-order valence-corrected chi connectivity index (χ2v) is 9.27. The molecule has 0 bridgehead atoms. The maximum absolute atomic E-state index is 12.6. The van der Waals surface area contributed by atoms with Gasteiger partial charge in [0.2, 0.25) is 5.91 Å². The highest BCUT2D eigenvalue weighted by molar-refractivity contribution is 7.99. The maximum atomic E-state index is 12.6. The highest BCUT2D eigenvalue weighted by atomic mass is 32.2. The molecule has 4 rings (SSSR count). The van der Waals surface area contributed by atoms with Crippen LogP contribution in [0.5, 0.6) is 5.75 Å². The Labute approximate surface area is 187 Å². The van der Waals surface area contributed by atoms with Crippen molar-refractivity contribution in [1.82, 2.24) is 10.2 Å². The average Bonchev–Trinajstić information content (AvgIpc) is 2.98. The molecule has 0 radical (unpaired) electrons. The molecule has 2 aliphatic heterocycles. The Morgan fingerprint density at radius 1 is 1.19 bits per heavy atom. The van der Waals surface area contributed by atoms with Gasteiger partial charge in [0.1, 0.15) is 5.75 Å². The molecule has 164 valence electrons. The quantitative estimate of drug-likeness (QED) is 0.717. The summed E-state index contributed by atoms with van der Waals surface area (Å²) >= 11 is 1.65. The number of anilines is 1. The van der Waals surface area contributed by atoms with E-state index >= 15 is 0 Å². The monoisotopic (exact) mass is 439 g/mol. The maximum Gasteiger partial charge on any atom is 0.251 e. The van der Waals surface area contributed by atoms with Crippen molar-refractivity contribution in [3.8, 4) is 5.75 Å². The highest BCUT2D eigenvalue weighted by Crippen LogP contribution is 2.31. The molecule has 2 aliphatic rings. The Morgan fingerprint density at radius 3 is 2.71 bits per heavy atom. The summed E-state index contributed by atoms with van der Waals surface area (Å²) < 4.78 is 5.22. The van der Waals surface area contributed by atoms with Crippen LogP contribution < -0.4 is 15.4 Å². The zero-order valence-corrected chi connectivity index (χ0v) is 18.7. The predicted octanol–water partition coefficient (Wildman–Crippen LogP) is 3.77. The van der Waals surface area contributed by atoms with Crippen molar-refractivity contribution >= 4 is 29.3 Å². The number of piperidine rings is 1. The summed E-state index contributed by atoms with van der Waals surface area (Å²) in [5.41, 5.74) is 2.63. The molecule has 1 saturated heterocycles. The van der Waals surface area contributed by atoms with Crippen molar-refractivity contribution in [3.63, 3.8) is 0 Å². The number of likely N-dealkylation sites (tertiary alicyclic amines) is 1. The molecule has 2 N–H and O–H groups in total. The SMILES string of the molecule is COc1ccc(CN2CCC(CNC(=O)c3ccc4c(c3)NC(=O)CCS4)CC2)cc1. The minimum absolute atomic E-state index is 0.00482. The molecule has 2 aromatic rings. The number of carbonyl (C=O) groups excluding carboxylic acids is 2. The average molecular weight is 440 g/mol. The fourth-order valence-electron chi connectivity index (χ4n) is 4.04. The Kier molecular flexibility index (Phi) is 7.14. The number of carbonyl (C=O) groups is 2. The van der Waals surface area contributed by atoms with Crippen molar-refractivity contribution in [1.29, 1.82) is 0 Å². The first-order chi connectivity index (χ1) is 15.1. The molecule has 2 aromatic carbocycles. The molecule has 0 aromatic heterocycles. The summed E-state index contributed by atoms with van der Waals surface area (Å²) in [6.45, 7) is 3.71. The Balaban J connectivity index is 1.24. The third-order valence-corrected chi connectivity index (χ3v) is 7.00. The van der Waals surface area contributed by atoms with Gasteiger partial charge in [-0.2, -0.15) is 0 Å². The van der Waals surface area contributed by atoms with Gasteiger partial charge in [-0.15, -0.1) is 11.8 Å². The molecule has 2 amide bonds. The molecule has 0 aliphatic carbocycles. The van der Waals surface area contributed by atoms with Crippen molar-refractivity contribution < 1.29 is 14.3 Å². The molecule has 1 fully saturated rings. The van der Waals surface area contributed by atoms with E-state index < -0.39 is 0 Å². The van der Waals surface area contributed by atoms with Crippen LogP contribution in [0.15, 0.2) is 47.4 Å². The lowest BCUT2D eigenvalue weighted by atomic mass is 9.96. The second kappa shape index (κ2) is 10.2. The van der Waals surface area contributed by atoms with Gasteiger partial charge in [0.25, 0.3) is 5.91 Å². The zero-order valence-electron chi connectivity index (χ0n) is 17.9. The van der Waals surface area contributed by atoms with E-state index in [0.29, 0.717) is 24.4 Å². The topological polar surface area (TPSA) is 70.7 Å². The number of fused-ring (bicyclic) bond motifs is 1. The van der Waals surface area contributed by atoms with E-state index in [1.54, 1.807) is 24.9 Å². The van der Waals surface area contributed by atoms with Crippen LogP contribution in [0.3, 0.4) is 0 Å².